The van der Waals surface area contributed by atoms with Crippen LogP contribution in [-0.2, 0) is 0 Å². The Kier molecular flexibility index (Phi) is 4.30. The van der Waals surface area contributed by atoms with E-state index in [1.54, 1.807) is 0 Å². The second kappa shape index (κ2) is 7.25. The molecule has 5 rings (SSSR count). The molecule has 0 unspecified atom stereocenters. The maximum atomic E-state index is 12.7. The quantitative estimate of drug-likeness (QED) is 0.325. The van der Waals surface area contributed by atoms with Gasteiger partial charge in [-0.1, -0.05) is 97.1 Å². The summed E-state index contributed by atoms with van der Waals surface area (Å²) in [6.07, 6.45) is 0. The summed E-state index contributed by atoms with van der Waals surface area (Å²) in [4.78, 5) is 12.7. The van der Waals surface area contributed by atoms with Crippen molar-refractivity contribution < 1.29 is 4.42 Å². The van der Waals surface area contributed by atoms with Crippen molar-refractivity contribution in [3.63, 3.8) is 0 Å². The summed E-state index contributed by atoms with van der Waals surface area (Å²) in [6.45, 7) is 0. The number of rotatable bonds is 3. The SMILES string of the molecule is O=c1oc2ccc(-c3ccccc3)c(-c3ccccc3)c2cc1-c1ccccc1. The second-order valence-electron chi connectivity index (χ2n) is 6.95. The summed E-state index contributed by atoms with van der Waals surface area (Å²) in [6, 6.07) is 36.1. The molecule has 2 nitrogen and oxygen atoms in total. The number of benzene rings is 4. The number of hydrogen-bond donors (Lipinski definition) is 0. The molecule has 0 atom stereocenters. The first-order chi connectivity index (χ1) is 14.3. The highest BCUT2D eigenvalue weighted by atomic mass is 16.4. The largest absolute Gasteiger partial charge is 0.422 e. The molecule has 0 aliphatic carbocycles. The normalized spacial score (nSPS) is 10.9. The lowest BCUT2D eigenvalue weighted by Crippen LogP contribution is -2.03. The van der Waals surface area contributed by atoms with E-state index in [9.17, 15) is 4.79 Å². The van der Waals surface area contributed by atoms with Crippen LogP contribution < -0.4 is 5.63 Å². The highest BCUT2D eigenvalue weighted by Crippen LogP contribution is 2.38. The second-order valence-corrected chi connectivity index (χ2v) is 6.95. The van der Waals surface area contributed by atoms with E-state index in [-0.39, 0.29) is 5.63 Å². The molecule has 0 N–H and O–H groups in total. The smallest absolute Gasteiger partial charge is 0.344 e. The van der Waals surface area contributed by atoms with Gasteiger partial charge in [0.25, 0.3) is 0 Å². The monoisotopic (exact) mass is 374 g/mol. The van der Waals surface area contributed by atoms with Crippen molar-refractivity contribution in [3.05, 3.63) is 120 Å². The zero-order chi connectivity index (χ0) is 19.6. The van der Waals surface area contributed by atoms with Gasteiger partial charge in [-0.2, -0.15) is 0 Å². The summed E-state index contributed by atoms with van der Waals surface area (Å²) in [5, 5.41) is 0.927. The van der Waals surface area contributed by atoms with Crippen LogP contribution in [0.3, 0.4) is 0 Å². The third-order valence-corrected chi connectivity index (χ3v) is 5.15. The van der Waals surface area contributed by atoms with Gasteiger partial charge in [-0.05, 0) is 34.4 Å². The molecule has 0 aliphatic rings. The van der Waals surface area contributed by atoms with Crippen LogP contribution in [0.15, 0.2) is 118 Å². The molecule has 0 saturated carbocycles. The maximum absolute atomic E-state index is 12.7. The van der Waals surface area contributed by atoms with Crippen molar-refractivity contribution >= 4 is 11.0 Å². The lowest BCUT2D eigenvalue weighted by molar-refractivity contribution is 0.563. The van der Waals surface area contributed by atoms with Crippen LogP contribution in [0.1, 0.15) is 0 Å². The van der Waals surface area contributed by atoms with Gasteiger partial charge in [0.05, 0.1) is 5.56 Å². The molecular formula is C27H18O2. The molecule has 0 bridgehead atoms. The van der Waals surface area contributed by atoms with Gasteiger partial charge < -0.3 is 4.42 Å². The Hall–Kier alpha value is -3.91. The van der Waals surface area contributed by atoms with Crippen molar-refractivity contribution in [1.82, 2.24) is 0 Å². The lowest BCUT2D eigenvalue weighted by atomic mass is 9.90. The van der Waals surface area contributed by atoms with Gasteiger partial charge in [-0.25, -0.2) is 4.79 Å². The third kappa shape index (κ3) is 3.15. The summed E-state index contributed by atoms with van der Waals surface area (Å²) < 4.78 is 5.74. The van der Waals surface area contributed by atoms with E-state index < -0.39 is 0 Å². The Morgan fingerprint density at radius 3 is 1.62 bits per heavy atom. The summed E-state index contributed by atoms with van der Waals surface area (Å²) in [5.41, 5.74) is 6.08. The van der Waals surface area contributed by atoms with Crippen LogP contribution in [0.25, 0.3) is 44.3 Å². The Bertz CT molecular complexity index is 1340. The minimum Gasteiger partial charge on any atom is -0.422 e. The maximum Gasteiger partial charge on any atom is 0.344 e. The van der Waals surface area contributed by atoms with E-state index in [4.69, 9.17) is 4.42 Å². The standard InChI is InChI=1S/C27H18O2/c28-27-23(20-12-6-2-7-13-20)18-24-25(29-27)17-16-22(19-10-4-1-5-11-19)26(24)21-14-8-3-9-15-21/h1-18H. The predicted octanol–water partition coefficient (Wildman–Crippen LogP) is 6.79. The molecule has 0 radical (unpaired) electrons. The number of fused-ring (bicyclic) bond motifs is 1. The highest BCUT2D eigenvalue weighted by Gasteiger charge is 2.16. The van der Waals surface area contributed by atoms with E-state index >= 15 is 0 Å². The van der Waals surface area contributed by atoms with E-state index in [1.165, 1.54) is 0 Å². The highest BCUT2D eigenvalue weighted by molar-refractivity contribution is 6.03. The van der Waals surface area contributed by atoms with Crippen molar-refractivity contribution in [2.45, 2.75) is 0 Å². The van der Waals surface area contributed by atoms with Crippen LogP contribution in [0, 0.1) is 0 Å². The first kappa shape index (κ1) is 17.2. The molecule has 0 saturated heterocycles. The molecular weight excluding hydrogens is 356 g/mol. The third-order valence-electron chi connectivity index (χ3n) is 5.15. The fourth-order valence-corrected chi connectivity index (χ4v) is 3.78. The van der Waals surface area contributed by atoms with Crippen LogP contribution in [0.4, 0.5) is 0 Å². The predicted molar refractivity (Wildman–Crippen MR) is 119 cm³/mol. The first-order valence-corrected chi connectivity index (χ1v) is 9.58. The average Bonchev–Trinajstić information content (AvgIpc) is 2.79. The minimum absolute atomic E-state index is 0.324. The molecule has 0 spiro atoms. The van der Waals surface area contributed by atoms with E-state index in [0.717, 1.165) is 33.2 Å². The van der Waals surface area contributed by atoms with Gasteiger partial charge in [0, 0.05) is 10.9 Å². The Morgan fingerprint density at radius 1 is 0.517 bits per heavy atom. The van der Waals surface area contributed by atoms with E-state index in [1.807, 2.05) is 84.9 Å². The fourth-order valence-electron chi connectivity index (χ4n) is 3.78. The molecule has 4 aromatic carbocycles. The molecule has 5 aromatic rings. The fraction of sp³-hybridized carbons (Fsp3) is 0. The molecule has 29 heavy (non-hydrogen) atoms. The minimum atomic E-state index is -0.324. The summed E-state index contributed by atoms with van der Waals surface area (Å²) in [5.74, 6) is 0. The van der Waals surface area contributed by atoms with Crippen LogP contribution in [0.5, 0.6) is 0 Å². The molecule has 0 fully saturated rings. The Labute approximate surface area is 168 Å². The van der Waals surface area contributed by atoms with Gasteiger partial charge in [-0.3, -0.25) is 0 Å². The van der Waals surface area contributed by atoms with Crippen LogP contribution in [-0.4, -0.2) is 0 Å². The summed E-state index contributed by atoms with van der Waals surface area (Å²) >= 11 is 0. The van der Waals surface area contributed by atoms with E-state index in [0.29, 0.717) is 11.1 Å². The van der Waals surface area contributed by atoms with Crippen molar-refractivity contribution in [1.29, 1.82) is 0 Å². The molecule has 0 aliphatic heterocycles. The van der Waals surface area contributed by atoms with Gasteiger partial charge in [-0.15, -0.1) is 0 Å². The van der Waals surface area contributed by atoms with Crippen molar-refractivity contribution in [2.24, 2.45) is 0 Å². The molecule has 0 amide bonds. The molecule has 1 aromatic heterocycles. The lowest BCUT2D eigenvalue weighted by Gasteiger charge is -2.14. The molecule has 2 heteroatoms. The topological polar surface area (TPSA) is 30.2 Å². The first-order valence-electron chi connectivity index (χ1n) is 9.58. The average molecular weight is 374 g/mol. The van der Waals surface area contributed by atoms with Crippen LogP contribution >= 0.6 is 0 Å². The molecule has 138 valence electrons. The van der Waals surface area contributed by atoms with E-state index in [2.05, 4.69) is 24.3 Å². The van der Waals surface area contributed by atoms with Gasteiger partial charge in [0.1, 0.15) is 5.58 Å². The zero-order valence-electron chi connectivity index (χ0n) is 15.7. The zero-order valence-corrected chi connectivity index (χ0v) is 15.7. The Balaban J connectivity index is 1.88. The van der Waals surface area contributed by atoms with Crippen LogP contribution in [0.2, 0.25) is 0 Å². The number of hydrogen-bond acceptors (Lipinski definition) is 2. The Morgan fingerprint density at radius 2 is 1.03 bits per heavy atom. The van der Waals surface area contributed by atoms with Gasteiger partial charge in [0.15, 0.2) is 0 Å². The van der Waals surface area contributed by atoms with Crippen molar-refractivity contribution in [2.75, 3.05) is 0 Å². The summed E-state index contributed by atoms with van der Waals surface area (Å²) in [7, 11) is 0. The molecule has 1 heterocycles. The van der Waals surface area contributed by atoms with Gasteiger partial charge in [0.2, 0.25) is 0 Å². The van der Waals surface area contributed by atoms with Crippen molar-refractivity contribution in [3.8, 4) is 33.4 Å². The van der Waals surface area contributed by atoms with Gasteiger partial charge >= 0.3 is 5.63 Å².